The highest BCUT2D eigenvalue weighted by Gasteiger charge is 2.19. The summed E-state index contributed by atoms with van der Waals surface area (Å²) in [6.07, 6.45) is 5.85. The second-order valence-electron chi connectivity index (χ2n) is 7.96. The molecule has 1 N–H and O–H groups in total. The molecule has 8 heteroatoms. The number of hydrogen-bond acceptors (Lipinski definition) is 6. The number of ether oxygens (including phenoxy) is 1. The van der Waals surface area contributed by atoms with Crippen LogP contribution in [0.5, 0.6) is 0 Å². The maximum Gasteiger partial charge on any atom is 0.220 e. The first kappa shape index (κ1) is 19.8. The summed E-state index contributed by atoms with van der Waals surface area (Å²) in [6.45, 7) is 7.13. The third-order valence-electron chi connectivity index (χ3n) is 5.95. The zero-order chi connectivity index (χ0) is 20.2. The molecular formula is C21H30N6O2. The first-order valence-electron chi connectivity index (χ1n) is 10.6. The van der Waals surface area contributed by atoms with Crippen LogP contribution < -0.4 is 10.2 Å². The summed E-state index contributed by atoms with van der Waals surface area (Å²) in [7, 11) is 0. The van der Waals surface area contributed by atoms with Crippen LogP contribution in [-0.2, 0) is 16.0 Å². The van der Waals surface area contributed by atoms with Gasteiger partial charge in [-0.1, -0.05) is 12.8 Å². The van der Waals surface area contributed by atoms with Crippen LogP contribution in [0.3, 0.4) is 0 Å². The summed E-state index contributed by atoms with van der Waals surface area (Å²) in [6, 6.07) is 4.31. The van der Waals surface area contributed by atoms with Crippen LogP contribution in [0.25, 0.3) is 5.82 Å². The predicted octanol–water partition coefficient (Wildman–Crippen LogP) is 2.11. The van der Waals surface area contributed by atoms with Crippen molar-refractivity contribution in [2.24, 2.45) is 0 Å². The van der Waals surface area contributed by atoms with E-state index in [0.29, 0.717) is 24.7 Å². The average Bonchev–Trinajstić information content (AvgIpc) is 3.35. The van der Waals surface area contributed by atoms with Gasteiger partial charge in [-0.15, -0.1) is 10.2 Å². The lowest BCUT2D eigenvalue weighted by Gasteiger charge is -2.27. The fourth-order valence-electron chi connectivity index (χ4n) is 4.26. The Balaban J connectivity index is 1.41. The maximum absolute atomic E-state index is 12.3. The number of aromatic nitrogens is 4. The van der Waals surface area contributed by atoms with E-state index in [-0.39, 0.29) is 5.91 Å². The third-order valence-corrected chi connectivity index (χ3v) is 5.95. The van der Waals surface area contributed by atoms with E-state index in [1.165, 1.54) is 12.8 Å². The smallest absolute Gasteiger partial charge is 0.220 e. The fourth-order valence-corrected chi connectivity index (χ4v) is 4.26. The molecule has 0 atom stereocenters. The van der Waals surface area contributed by atoms with Crippen molar-refractivity contribution in [1.82, 2.24) is 25.3 Å². The van der Waals surface area contributed by atoms with Crippen LogP contribution in [0.15, 0.2) is 12.1 Å². The Morgan fingerprint density at radius 3 is 2.52 bits per heavy atom. The lowest BCUT2D eigenvalue weighted by atomic mass is 10.1. The minimum atomic E-state index is 0.137. The quantitative estimate of drug-likeness (QED) is 0.802. The van der Waals surface area contributed by atoms with E-state index in [0.717, 1.165) is 61.9 Å². The largest absolute Gasteiger partial charge is 0.378 e. The van der Waals surface area contributed by atoms with Crippen molar-refractivity contribution in [2.45, 2.75) is 58.4 Å². The summed E-state index contributed by atoms with van der Waals surface area (Å²) in [5, 5.41) is 16.6. The van der Waals surface area contributed by atoms with Gasteiger partial charge in [0.2, 0.25) is 5.91 Å². The number of amides is 1. The predicted molar refractivity (Wildman–Crippen MR) is 110 cm³/mol. The number of rotatable bonds is 6. The maximum atomic E-state index is 12.3. The van der Waals surface area contributed by atoms with Gasteiger partial charge in [0.15, 0.2) is 11.6 Å². The molecule has 0 spiro atoms. The van der Waals surface area contributed by atoms with Gasteiger partial charge in [-0.25, -0.2) is 4.68 Å². The molecule has 3 heterocycles. The number of nitrogens with one attached hydrogen (secondary N) is 1. The number of carbonyl (C=O) groups is 1. The molecule has 1 amide bonds. The summed E-state index contributed by atoms with van der Waals surface area (Å²) < 4.78 is 7.22. The van der Waals surface area contributed by atoms with Crippen LogP contribution in [-0.4, -0.2) is 58.2 Å². The SMILES string of the molecule is Cc1nn(-c2ccc(N3CCOCC3)nn2)c(C)c1CCC(=O)NC1CCCC1. The van der Waals surface area contributed by atoms with Crippen molar-refractivity contribution in [3.05, 3.63) is 29.1 Å². The van der Waals surface area contributed by atoms with Crippen LogP contribution in [0.2, 0.25) is 0 Å². The van der Waals surface area contributed by atoms with Crippen LogP contribution >= 0.6 is 0 Å². The molecule has 2 aromatic rings. The van der Waals surface area contributed by atoms with Crippen molar-refractivity contribution in [3.8, 4) is 5.82 Å². The van der Waals surface area contributed by atoms with Gasteiger partial charge in [0, 0.05) is 31.2 Å². The third kappa shape index (κ3) is 4.58. The Bertz CT molecular complexity index is 836. The fraction of sp³-hybridized carbons (Fsp3) is 0.619. The molecule has 1 saturated heterocycles. The van der Waals surface area contributed by atoms with Crippen molar-refractivity contribution >= 4 is 11.7 Å². The van der Waals surface area contributed by atoms with Gasteiger partial charge in [-0.05, 0) is 50.8 Å². The molecule has 2 fully saturated rings. The lowest BCUT2D eigenvalue weighted by molar-refractivity contribution is -0.121. The molecule has 8 nitrogen and oxygen atoms in total. The molecule has 2 aliphatic rings. The van der Waals surface area contributed by atoms with Gasteiger partial charge in [-0.2, -0.15) is 5.10 Å². The van der Waals surface area contributed by atoms with Crippen molar-refractivity contribution in [3.63, 3.8) is 0 Å². The highest BCUT2D eigenvalue weighted by atomic mass is 16.5. The molecule has 1 aliphatic heterocycles. The molecular weight excluding hydrogens is 368 g/mol. The molecule has 29 heavy (non-hydrogen) atoms. The van der Waals surface area contributed by atoms with Gasteiger partial charge in [0.25, 0.3) is 0 Å². The Morgan fingerprint density at radius 2 is 1.83 bits per heavy atom. The van der Waals surface area contributed by atoms with Crippen LogP contribution in [0.1, 0.15) is 49.1 Å². The van der Waals surface area contributed by atoms with Crippen molar-refractivity contribution in [2.75, 3.05) is 31.2 Å². The lowest BCUT2D eigenvalue weighted by Crippen LogP contribution is -2.36. The van der Waals surface area contributed by atoms with E-state index in [1.807, 2.05) is 30.7 Å². The minimum absolute atomic E-state index is 0.137. The number of anilines is 1. The summed E-state index contributed by atoms with van der Waals surface area (Å²) >= 11 is 0. The Labute approximate surface area is 171 Å². The van der Waals surface area contributed by atoms with Gasteiger partial charge in [0.05, 0.1) is 18.9 Å². The molecule has 2 aromatic heterocycles. The number of morpholine rings is 1. The first-order chi connectivity index (χ1) is 14.1. The molecule has 0 aromatic carbocycles. The van der Waals surface area contributed by atoms with Gasteiger partial charge in [0.1, 0.15) is 0 Å². The summed E-state index contributed by atoms with van der Waals surface area (Å²) in [4.78, 5) is 14.5. The first-order valence-corrected chi connectivity index (χ1v) is 10.6. The van der Waals surface area contributed by atoms with E-state index in [9.17, 15) is 4.79 Å². The van der Waals surface area contributed by atoms with Gasteiger partial charge in [-0.3, -0.25) is 4.79 Å². The second kappa shape index (κ2) is 8.90. The number of carbonyl (C=O) groups excluding carboxylic acids is 1. The Hall–Kier alpha value is -2.48. The van der Waals surface area contributed by atoms with Crippen LogP contribution in [0, 0.1) is 13.8 Å². The van der Waals surface area contributed by atoms with Gasteiger partial charge >= 0.3 is 0 Å². The zero-order valence-electron chi connectivity index (χ0n) is 17.4. The van der Waals surface area contributed by atoms with E-state index >= 15 is 0 Å². The topological polar surface area (TPSA) is 85.2 Å². The van der Waals surface area contributed by atoms with E-state index < -0.39 is 0 Å². The van der Waals surface area contributed by atoms with E-state index in [1.54, 1.807) is 0 Å². The molecule has 1 aliphatic carbocycles. The molecule has 0 radical (unpaired) electrons. The van der Waals surface area contributed by atoms with Crippen LogP contribution in [0.4, 0.5) is 5.82 Å². The Morgan fingerprint density at radius 1 is 1.14 bits per heavy atom. The van der Waals surface area contributed by atoms with Crippen molar-refractivity contribution in [1.29, 1.82) is 0 Å². The minimum Gasteiger partial charge on any atom is -0.378 e. The molecule has 0 bridgehead atoms. The molecule has 4 rings (SSSR count). The Kier molecular flexibility index (Phi) is 6.08. The second-order valence-corrected chi connectivity index (χ2v) is 7.96. The van der Waals surface area contributed by atoms with Gasteiger partial charge < -0.3 is 15.0 Å². The average molecular weight is 399 g/mol. The molecule has 156 valence electrons. The summed E-state index contributed by atoms with van der Waals surface area (Å²) in [5.41, 5.74) is 3.07. The van der Waals surface area contributed by atoms with Crippen molar-refractivity contribution < 1.29 is 9.53 Å². The van der Waals surface area contributed by atoms with E-state index in [4.69, 9.17) is 4.74 Å². The molecule has 0 unspecified atom stereocenters. The highest BCUT2D eigenvalue weighted by molar-refractivity contribution is 5.76. The standard InChI is InChI=1S/C21H30N6O2/c1-15-18(7-10-21(28)22-17-5-3-4-6-17)16(2)27(25-15)20-9-8-19(23-24-20)26-11-13-29-14-12-26/h8-9,17H,3-7,10-14H2,1-2H3,(H,22,28). The molecule has 1 saturated carbocycles. The normalized spacial score (nSPS) is 17.7. The number of nitrogens with zero attached hydrogens (tertiary/aromatic N) is 5. The number of aryl methyl sites for hydroxylation is 1. The monoisotopic (exact) mass is 398 g/mol. The van der Waals surface area contributed by atoms with E-state index in [2.05, 4.69) is 25.5 Å². The zero-order valence-corrected chi connectivity index (χ0v) is 17.4. The number of hydrogen-bond donors (Lipinski definition) is 1. The highest BCUT2D eigenvalue weighted by Crippen LogP contribution is 2.21. The summed E-state index contributed by atoms with van der Waals surface area (Å²) in [5.74, 6) is 1.70.